The van der Waals surface area contributed by atoms with Crippen molar-refractivity contribution in [3.05, 3.63) is 30.1 Å². The number of nitrogens with zero attached hydrogens (tertiary/aromatic N) is 2. The lowest BCUT2D eigenvalue weighted by Crippen LogP contribution is -2.33. The fourth-order valence-corrected chi connectivity index (χ4v) is 2.15. The number of carbonyl (C=O) groups excluding carboxylic acids is 1. The normalized spacial score (nSPS) is 10.6. The maximum absolute atomic E-state index is 11.9. The minimum Gasteiger partial charge on any atom is -0.465 e. The molecule has 9 heteroatoms. The molecule has 0 unspecified atom stereocenters. The third-order valence-electron chi connectivity index (χ3n) is 3.27. The molecule has 1 aromatic heterocycles. The molecule has 0 spiro atoms. The van der Waals surface area contributed by atoms with Crippen LogP contribution < -0.4 is 15.5 Å². The zero-order valence-corrected chi connectivity index (χ0v) is 14.0. The van der Waals surface area contributed by atoms with E-state index in [0.717, 1.165) is 6.42 Å². The van der Waals surface area contributed by atoms with Crippen LogP contribution >= 0.6 is 0 Å². The molecule has 3 N–H and O–H groups in total. The number of aromatic nitrogens is 2. The second-order valence-electron chi connectivity index (χ2n) is 5.21. The van der Waals surface area contributed by atoms with E-state index >= 15 is 0 Å². The summed E-state index contributed by atoms with van der Waals surface area (Å²) in [5, 5.41) is 13.3. The molecule has 0 bridgehead atoms. The van der Waals surface area contributed by atoms with Gasteiger partial charge in [-0.05, 0) is 18.6 Å². The Morgan fingerprint density at radius 1 is 1.20 bits per heavy atom. The van der Waals surface area contributed by atoms with Crippen LogP contribution in [0.4, 0.5) is 9.59 Å². The molecule has 2 amide bonds. The van der Waals surface area contributed by atoms with Crippen molar-refractivity contribution in [1.29, 1.82) is 0 Å². The molecule has 0 saturated carbocycles. The van der Waals surface area contributed by atoms with Gasteiger partial charge in [-0.1, -0.05) is 19.1 Å². The molecule has 2 aromatic rings. The van der Waals surface area contributed by atoms with E-state index in [2.05, 4.69) is 15.6 Å². The molecule has 1 aromatic carbocycles. The highest BCUT2D eigenvalue weighted by atomic mass is 16.7. The summed E-state index contributed by atoms with van der Waals surface area (Å²) in [5.74, 6) is 0.555. The average Bonchev–Trinajstić information content (AvgIpc) is 2.93. The number of nitrogens with one attached hydrogen (secondary N) is 2. The smallest absolute Gasteiger partial charge is 0.432 e. The van der Waals surface area contributed by atoms with Crippen LogP contribution in [0.5, 0.6) is 0 Å². The first kappa shape index (κ1) is 18.5. The number of ether oxygens (including phenoxy) is 1. The Morgan fingerprint density at radius 3 is 2.76 bits per heavy atom. The van der Waals surface area contributed by atoms with Gasteiger partial charge in [0.25, 0.3) is 0 Å². The van der Waals surface area contributed by atoms with Crippen LogP contribution in [-0.4, -0.2) is 53.3 Å². The van der Waals surface area contributed by atoms with Crippen molar-refractivity contribution in [2.24, 2.45) is 0 Å². The lowest BCUT2D eigenvalue weighted by atomic mass is 10.3. The quantitative estimate of drug-likeness (QED) is 0.589. The van der Waals surface area contributed by atoms with Gasteiger partial charge in [0.15, 0.2) is 0 Å². The summed E-state index contributed by atoms with van der Waals surface area (Å²) in [6.07, 6.45) is -0.400. The number of hydrogen-bond acceptors (Lipinski definition) is 5. The topological polar surface area (TPSA) is 115 Å². The maximum Gasteiger partial charge on any atom is 0.432 e. The number of imidazole rings is 1. The number of amides is 2. The first-order valence-electron chi connectivity index (χ1n) is 8.09. The van der Waals surface area contributed by atoms with Gasteiger partial charge in [0.2, 0.25) is 0 Å². The van der Waals surface area contributed by atoms with Crippen molar-refractivity contribution < 1.29 is 24.3 Å². The van der Waals surface area contributed by atoms with Crippen LogP contribution in [0.3, 0.4) is 0 Å². The molecule has 9 nitrogen and oxygen atoms in total. The summed E-state index contributed by atoms with van der Waals surface area (Å²) >= 11 is 0. The summed E-state index contributed by atoms with van der Waals surface area (Å²) in [6, 6.07) is 7.34. The Labute approximate surface area is 144 Å². The van der Waals surface area contributed by atoms with E-state index in [1.54, 1.807) is 0 Å². The van der Waals surface area contributed by atoms with Gasteiger partial charge in [0.05, 0.1) is 18.7 Å². The molecule has 1 heterocycles. The average molecular weight is 350 g/mol. The molecule has 0 aliphatic heterocycles. The largest absolute Gasteiger partial charge is 0.465 e. The molecule has 0 fully saturated rings. The van der Waals surface area contributed by atoms with Crippen LogP contribution in [0.1, 0.15) is 19.2 Å². The Kier molecular flexibility index (Phi) is 7.02. The highest BCUT2D eigenvalue weighted by Gasteiger charge is 2.14. The zero-order chi connectivity index (χ0) is 18.1. The highest BCUT2D eigenvalue weighted by molar-refractivity contribution is 5.77. The van der Waals surface area contributed by atoms with Gasteiger partial charge in [-0.15, -0.1) is 0 Å². The van der Waals surface area contributed by atoms with E-state index in [4.69, 9.17) is 14.7 Å². The van der Waals surface area contributed by atoms with E-state index in [1.165, 1.54) is 4.73 Å². The predicted octanol–water partition coefficient (Wildman–Crippen LogP) is 1.41. The first-order valence-corrected chi connectivity index (χ1v) is 8.09. The number of carbonyl (C=O) groups is 2. The van der Waals surface area contributed by atoms with Gasteiger partial charge in [0.1, 0.15) is 11.3 Å². The van der Waals surface area contributed by atoms with E-state index in [0.29, 0.717) is 36.4 Å². The van der Waals surface area contributed by atoms with Crippen molar-refractivity contribution in [2.45, 2.75) is 19.8 Å². The molecule has 2 rings (SSSR count). The Bertz CT molecular complexity index is 716. The van der Waals surface area contributed by atoms with Gasteiger partial charge in [-0.25, -0.2) is 14.6 Å². The Balaban J connectivity index is 1.98. The number of fused-ring (bicyclic) bond motifs is 1. The summed E-state index contributed by atoms with van der Waals surface area (Å²) in [6.45, 7) is 3.27. The third-order valence-corrected chi connectivity index (χ3v) is 3.27. The lowest BCUT2D eigenvalue weighted by Gasteiger charge is -2.10. The fraction of sp³-hybridized carbons (Fsp3) is 0.438. The Hall–Kier alpha value is -2.81. The van der Waals surface area contributed by atoms with Crippen molar-refractivity contribution in [1.82, 2.24) is 20.3 Å². The van der Waals surface area contributed by atoms with E-state index in [-0.39, 0.29) is 13.2 Å². The highest BCUT2D eigenvalue weighted by Crippen LogP contribution is 2.15. The number of para-hydroxylation sites is 2. The van der Waals surface area contributed by atoms with Crippen molar-refractivity contribution >= 4 is 23.2 Å². The third kappa shape index (κ3) is 5.64. The second kappa shape index (κ2) is 9.48. The number of benzene rings is 1. The molecule has 136 valence electrons. The van der Waals surface area contributed by atoms with Gasteiger partial charge in [0, 0.05) is 19.5 Å². The fourth-order valence-electron chi connectivity index (χ4n) is 2.15. The maximum atomic E-state index is 11.9. The van der Waals surface area contributed by atoms with Crippen molar-refractivity contribution in [3.8, 4) is 0 Å². The van der Waals surface area contributed by atoms with Crippen LogP contribution in [-0.2, 0) is 11.2 Å². The molecule has 25 heavy (non-hydrogen) atoms. The Morgan fingerprint density at radius 2 is 2.00 bits per heavy atom. The van der Waals surface area contributed by atoms with Gasteiger partial charge in [-0.2, -0.15) is 4.73 Å². The summed E-state index contributed by atoms with van der Waals surface area (Å²) < 4.78 is 6.78. The van der Waals surface area contributed by atoms with Crippen LogP contribution in [0, 0.1) is 0 Å². The summed E-state index contributed by atoms with van der Waals surface area (Å²) in [7, 11) is 0. The molecule has 0 radical (unpaired) electrons. The van der Waals surface area contributed by atoms with Crippen molar-refractivity contribution in [2.75, 3.05) is 26.3 Å². The van der Waals surface area contributed by atoms with E-state index < -0.39 is 12.2 Å². The molecule has 0 saturated heterocycles. The summed E-state index contributed by atoms with van der Waals surface area (Å²) in [5.41, 5.74) is 1.41. The van der Waals surface area contributed by atoms with Crippen molar-refractivity contribution in [3.63, 3.8) is 0 Å². The predicted molar refractivity (Wildman–Crippen MR) is 90.6 cm³/mol. The van der Waals surface area contributed by atoms with Gasteiger partial charge in [-0.3, -0.25) is 0 Å². The van der Waals surface area contributed by atoms with Gasteiger partial charge >= 0.3 is 12.2 Å². The second-order valence-corrected chi connectivity index (χ2v) is 5.21. The number of rotatable bonds is 9. The monoisotopic (exact) mass is 350 g/mol. The molecule has 0 aliphatic rings. The van der Waals surface area contributed by atoms with Crippen LogP contribution in [0.25, 0.3) is 11.0 Å². The molecule has 0 aliphatic carbocycles. The SMILES string of the molecule is CCCNC(=O)On1c(CCOCCNC(=O)O)nc2ccccc21. The minimum absolute atomic E-state index is 0.210. The minimum atomic E-state index is -1.09. The molecular formula is C16H22N4O5. The van der Waals surface area contributed by atoms with Gasteiger partial charge < -0.3 is 25.3 Å². The molecule has 0 atom stereocenters. The summed E-state index contributed by atoms with van der Waals surface area (Å²) in [4.78, 5) is 32.0. The van der Waals surface area contributed by atoms with E-state index in [1.807, 2.05) is 31.2 Å². The number of hydrogen-bond donors (Lipinski definition) is 3. The molecular weight excluding hydrogens is 328 g/mol. The van der Waals surface area contributed by atoms with Crippen LogP contribution in [0.15, 0.2) is 24.3 Å². The van der Waals surface area contributed by atoms with Crippen LogP contribution in [0.2, 0.25) is 0 Å². The lowest BCUT2D eigenvalue weighted by molar-refractivity contribution is 0.118. The van der Waals surface area contributed by atoms with E-state index in [9.17, 15) is 9.59 Å². The number of carboxylic acid groups (broad SMARTS) is 1. The zero-order valence-electron chi connectivity index (χ0n) is 14.0. The standard InChI is InChI=1S/C16H22N4O5/c1-2-8-18-16(23)25-20-13-6-4-3-5-12(13)19-14(20)7-10-24-11-9-17-15(21)22/h3-6,17H,2,7-11H2,1H3,(H,18,23)(H,21,22). The first-order chi connectivity index (χ1) is 12.1.